The normalized spacial score (nSPS) is 19.4. The van der Waals surface area contributed by atoms with Crippen LogP contribution in [0.5, 0.6) is 0 Å². The zero-order chi connectivity index (χ0) is 14.2. The Balaban J connectivity index is 2.01. The number of hydrogen-bond acceptors (Lipinski definition) is 3. The van der Waals surface area contributed by atoms with Crippen LogP contribution in [0.25, 0.3) is 0 Å². The van der Waals surface area contributed by atoms with E-state index in [0.717, 1.165) is 18.5 Å². The summed E-state index contributed by atoms with van der Waals surface area (Å²) in [5.41, 5.74) is 1.50. The van der Waals surface area contributed by atoms with Gasteiger partial charge in [-0.3, -0.25) is 4.21 Å². The van der Waals surface area contributed by atoms with Gasteiger partial charge in [-0.2, -0.15) is 0 Å². The van der Waals surface area contributed by atoms with E-state index >= 15 is 0 Å². The van der Waals surface area contributed by atoms with Crippen molar-refractivity contribution in [3.63, 3.8) is 0 Å². The van der Waals surface area contributed by atoms with Crippen molar-refractivity contribution in [1.82, 2.24) is 0 Å². The van der Waals surface area contributed by atoms with Crippen molar-refractivity contribution >= 4 is 22.6 Å². The lowest BCUT2D eigenvalue weighted by molar-refractivity contribution is 0.542. The highest BCUT2D eigenvalue weighted by atomic mass is 32.2. The zero-order valence-corrected chi connectivity index (χ0v) is 12.6. The van der Waals surface area contributed by atoms with E-state index in [2.05, 4.69) is 10.0 Å². The molecule has 0 bridgehead atoms. The highest BCUT2D eigenvalue weighted by Crippen LogP contribution is 2.25. The molecule has 2 rings (SSSR count). The summed E-state index contributed by atoms with van der Waals surface area (Å²) in [5, 5.41) is 3.51. The van der Waals surface area contributed by atoms with E-state index in [9.17, 15) is 8.76 Å². The number of benzene rings is 1. The van der Waals surface area contributed by atoms with E-state index in [1.54, 1.807) is 6.07 Å². The Kier molecular flexibility index (Phi) is 6.33. The minimum atomic E-state index is -2.28. The number of nitrogens with one attached hydrogen (secondary N) is 2. The molecule has 112 valence electrons. The van der Waals surface area contributed by atoms with Gasteiger partial charge in [-0.25, -0.2) is 0 Å². The predicted molar refractivity (Wildman–Crippen MR) is 83.3 cm³/mol. The SMILES string of the molecule is O=S([O-])Nc1ccccc1NC1CCCCCCCC1. The smallest absolute Gasteiger partial charge is 0.0685 e. The Bertz CT molecular complexity index is 430. The van der Waals surface area contributed by atoms with E-state index < -0.39 is 11.3 Å². The molecule has 2 N–H and O–H groups in total. The van der Waals surface area contributed by atoms with Gasteiger partial charge in [0.1, 0.15) is 0 Å². The van der Waals surface area contributed by atoms with Gasteiger partial charge >= 0.3 is 0 Å². The molecule has 1 unspecified atom stereocenters. The van der Waals surface area contributed by atoms with Crippen molar-refractivity contribution in [2.24, 2.45) is 0 Å². The first-order valence-electron chi connectivity index (χ1n) is 7.47. The van der Waals surface area contributed by atoms with Gasteiger partial charge in [0.05, 0.1) is 11.4 Å². The fourth-order valence-corrected chi connectivity index (χ4v) is 3.14. The molecule has 0 saturated heterocycles. The third kappa shape index (κ3) is 5.13. The minimum absolute atomic E-state index is 0.441. The molecule has 0 heterocycles. The minimum Gasteiger partial charge on any atom is -0.755 e. The molecule has 5 heteroatoms. The number of para-hydroxylation sites is 2. The first-order valence-corrected chi connectivity index (χ1v) is 8.54. The van der Waals surface area contributed by atoms with Crippen LogP contribution in [0.2, 0.25) is 0 Å². The van der Waals surface area contributed by atoms with Crippen LogP contribution in [0, 0.1) is 0 Å². The Morgan fingerprint density at radius 2 is 1.50 bits per heavy atom. The van der Waals surface area contributed by atoms with Gasteiger partial charge in [-0.1, -0.05) is 50.7 Å². The zero-order valence-electron chi connectivity index (χ0n) is 11.8. The second kappa shape index (κ2) is 8.27. The fourth-order valence-electron chi connectivity index (χ4n) is 2.78. The molecule has 1 aromatic rings. The van der Waals surface area contributed by atoms with Crippen molar-refractivity contribution in [2.75, 3.05) is 10.0 Å². The van der Waals surface area contributed by atoms with Crippen LogP contribution in [0.15, 0.2) is 24.3 Å². The highest BCUT2D eigenvalue weighted by Gasteiger charge is 2.12. The lowest BCUT2D eigenvalue weighted by Crippen LogP contribution is -2.20. The van der Waals surface area contributed by atoms with Gasteiger partial charge in [-0.15, -0.1) is 0 Å². The van der Waals surface area contributed by atoms with Crippen LogP contribution in [0.1, 0.15) is 51.4 Å². The summed E-state index contributed by atoms with van der Waals surface area (Å²) in [6.07, 6.45) is 10.1. The van der Waals surface area contributed by atoms with Crippen LogP contribution >= 0.6 is 0 Å². The molecule has 1 saturated carbocycles. The molecule has 0 aliphatic heterocycles. The molecule has 0 spiro atoms. The van der Waals surface area contributed by atoms with Crippen LogP contribution in [0.3, 0.4) is 0 Å². The van der Waals surface area contributed by atoms with Gasteiger partial charge < -0.3 is 14.6 Å². The highest BCUT2D eigenvalue weighted by molar-refractivity contribution is 7.80. The summed E-state index contributed by atoms with van der Waals surface area (Å²) in [6.45, 7) is 0. The average molecular weight is 295 g/mol. The van der Waals surface area contributed by atoms with E-state index in [0.29, 0.717) is 11.7 Å². The van der Waals surface area contributed by atoms with Crippen LogP contribution in [-0.2, 0) is 11.3 Å². The summed E-state index contributed by atoms with van der Waals surface area (Å²) >= 11 is -2.28. The van der Waals surface area contributed by atoms with Gasteiger partial charge in [0.2, 0.25) is 0 Å². The van der Waals surface area contributed by atoms with E-state index in [1.165, 1.54) is 38.5 Å². The van der Waals surface area contributed by atoms with E-state index in [4.69, 9.17) is 0 Å². The molecule has 1 aliphatic rings. The third-order valence-electron chi connectivity index (χ3n) is 3.84. The van der Waals surface area contributed by atoms with Gasteiger partial charge in [0.15, 0.2) is 0 Å². The van der Waals surface area contributed by atoms with Gasteiger partial charge in [0, 0.05) is 17.3 Å². The molecule has 0 amide bonds. The Hall–Kier alpha value is -1.07. The maximum atomic E-state index is 10.8. The molecule has 1 aliphatic carbocycles. The largest absolute Gasteiger partial charge is 0.755 e. The molecule has 1 aromatic carbocycles. The van der Waals surface area contributed by atoms with Gasteiger partial charge in [-0.05, 0) is 25.0 Å². The van der Waals surface area contributed by atoms with E-state index in [1.807, 2.05) is 18.2 Å². The second-order valence-electron chi connectivity index (χ2n) is 5.42. The van der Waals surface area contributed by atoms with Crippen molar-refractivity contribution in [2.45, 2.75) is 57.4 Å². The average Bonchev–Trinajstić information content (AvgIpc) is 2.54. The third-order valence-corrected chi connectivity index (χ3v) is 4.22. The Morgan fingerprint density at radius 3 is 2.10 bits per heavy atom. The summed E-state index contributed by atoms with van der Waals surface area (Å²) in [6, 6.07) is 7.92. The topological polar surface area (TPSA) is 64.2 Å². The maximum Gasteiger partial charge on any atom is 0.0685 e. The molecular weight excluding hydrogens is 272 g/mol. The van der Waals surface area contributed by atoms with Crippen molar-refractivity contribution in [1.29, 1.82) is 0 Å². The quantitative estimate of drug-likeness (QED) is 0.830. The number of hydrogen-bond donors (Lipinski definition) is 2. The first kappa shape index (κ1) is 15.3. The van der Waals surface area contributed by atoms with Crippen LogP contribution in [0.4, 0.5) is 11.4 Å². The van der Waals surface area contributed by atoms with Gasteiger partial charge in [0.25, 0.3) is 0 Å². The van der Waals surface area contributed by atoms with E-state index in [-0.39, 0.29) is 0 Å². The maximum absolute atomic E-state index is 10.8. The standard InChI is InChI=1S/C15H24N2O2S/c18-20(19)17-15-12-8-7-11-14(15)16-13-9-5-3-1-2-4-6-10-13/h7-8,11-13,16-17H,1-6,9-10H2,(H,18,19)/p-1. The summed E-state index contributed by atoms with van der Waals surface area (Å²) in [5.74, 6) is 0. The molecule has 20 heavy (non-hydrogen) atoms. The Morgan fingerprint density at radius 1 is 0.950 bits per heavy atom. The van der Waals surface area contributed by atoms with Crippen molar-refractivity contribution in [3.05, 3.63) is 24.3 Å². The molecule has 0 radical (unpaired) electrons. The van der Waals surface area contributed by atoms with Crippen LogP contribution in [-0.4, -0.2) is 14.8 Å². The van der Waals surface area contributed by atoms with Crippen molar-refractivity contribution in [3.8, 4) is 0 Å². The molecule has 1 fully saturated rings. The van der Waals surface area contributed by atoms with Crippen molar-refractivity contribution < 1.29 is 8.76 Å². The molecule has 0 aromatic heterocycles. The lowest BCUT2D eigenvalue weighted by Gasteiger charge is -2.22. The molecular formula is C15H23N2O2S-. The Labute approximate surface area is 123 Å². The second-order valence-corrected chi connectivity index (χ2v) is 6.10. The number of rotatable bonds is 4. The molecule has 1 atom stereocenters. The molecule has 4 nitrogen and oxygen atoms in total. The number of anilines is 2. The fraction of sp³-hybridized carbons (Fsp3) is 0.600. The summed E-state index contributed by atoms with van der Waals surface area (Å²) in [4.78, 5) is 0. The summed E-state index contributed by atoms with van der Waals surface area (Å²) in [7, 11) is 0. The predicted octanol–water partition coefficient (Wildman–Crippen LogP) is 3.81. The first-order chi connectivity index (χ1) is 9.75. The van der Waals surface area contributed by atoms with Crippen LogP contribution < -0.4 is 10.0 Å². The lowest BCUT2D eigenvalue weighted by atomic mass is 10.0. The monoisotopic (exact) mass is 295 g/mol. The summed E-state index contributed by atoms with van der Waals surface area (Å²) < 4.78 is 24.1.